The molecule has 0 fully saturated rings. The van der Waals surface area contributed by atoms with Crippen molar-refractivity contribution in [3.8, 4) is 5.75 Å². The van der Waals surface area contributed by atoms with Gasteiger partial charge in [-0.05, 0) is 48.5 Å². The third-order valence-electron chi connectivity index (χ3n) is 4.33. The van der Waals surface area contributed by atoms with Gasteiger partial charge < -0.3 is 10.1 Å². The maximum absolute atomic E-state index is 13.5. The third kappa shape index (κ3) is 6.18. The van der Waals surface area contributed by atoms with Crippen molar-refractivity contribution in [2.75, 3.05) is 23.3 Å². The number of ether oxygens (including phenoxy) is 1. The van der Waals surface area contributed by atoms with Gasteiger partial charge in [0.25, 0.3) is 10.0 Å². The van der Waals surface area contributed by atoms with E-state index in [1.54, 1.807) is 0 Å². The minimum atomic E-state index is -4.26. The van der Waals surface area contributed by atoms with Crippen LogP contribution in [0, 0.1) is 0 Å². The molecule has 0 aliphatic carbocycles. The van der Waals surface area contributed by atoms with Crippen molar-refractivity contribution in [3.05, 3.63) is 79.7 Å². The molecular formula is C21H15Cl5N2O4S. The van der Waals surface area contributed by atoms with Crippen LogP contribution in [-0.2, 0) is 14.8 Å². The van der Waals surface area contributed by atoms with E-state index in [2.05, 4.69) is 5.32 Å². The number of nitrogens with zero attached hydrogens (tertiary/aromatic N) is 1. The number of rotatable bonds is 7. The highest BCUT2D eigenvalue weighted by Crippen LogP contribution is 2.38. The standard InChI is InChI=1S/C21H15Cl5N2O4S/c1-32-20-10-19(17(25)9-18(20)26)28(33(30,31)16-4-2-12(22)3-5-16)11-21(29)27-15-7-13(23)6-14(24)8-15/h2-10H,11H2,1H3,(H,27,29). The Bertz CT molecular complexity index is 1280. The van der Waals surface area contributed by atoms with Gasteiger partial charge in [-0.15, -0.1) is 0 Å². The van der Waals surface area contributed by atoms with Gasteiger partial charge in [-0.25, -0.2) is 8.42 Å². The second kappa shape index (κ2) is 10.6. The van der Waals surface area contributed by atoms with Gasteiger partial charge in [-0.3, -0.25) is 9.10 Å². The first-order chi connectivity index (χ1) is 15.5. The second-order valence-corrected chi connectivity index (χ2v) is 10.6. The zero-order valence-electron chi connectivity index (χ0n) is 16.8. The van der Waals surface area contributed by atoms with Crippen molar-refractivity contribution in [2.24, 2.45) is 0 Å². The highest BCUT2D eigenvalue weighted by molar-refractivity contribution is 7.92. The average molecular weight is 569 g/mol. The third-order valence-corrected chi connectivity index (χ3v) is 7.39. The van der Waals surface area contributed by atoms with Gasteiger partial charge in [0.15, 0.2) is 0 Å². The summed E-state index contributed by atoms with van der Waals surface area (Å²) in [7, 11) is -2.89. The largest absolute Gasteiger partial charge is 0.495 e. The Balaban J connectivity index is 2.05. The smallest absolute Gasteiger partial charge is 0.264 e. The number of hydrogen-bond acceptors (Lipinski definition) is 4. The summed E-state index contributed by atoms with van der Waals surface area (Å²) in [5.74, 6) is -0.495. The lowest BCUT2D eigenvalue weighted by Gasteiger charge is -2.25. The molecule has 0 heterocycles. The molecule has 3 rings (SSSR count). The van der Waals surface area contributed by atoms with E-state index >= 15 is 0 Å². The van der Waals surface area contributed by atoms with Crippen molar-refractivity contribution in [1.82, 2.24) is 0 Å². The van der Waals surface area contributed by atoms with E-state index in [1.165, 1.54) is 61.7 Å². The molecule has 33 heavy (non-hydrogen) atoms. The van der Waals surface area contributed by atoms with Gasteiger partial charge in [-0.1, -0.05) is 58.0 Å². The van der Waals surface area contributed by atoms with Crippen molar-refractivity contribution in [3.63, 3.8) is 0 Å². The maximum Gasteiger partial charge on any atom is 0.264 e. The molecule has 0 atom stereocenters. The summed E-state index contributed by atoms with van der Waals surface area (Å²) < 4.78 is 33.0. The summed E-state index contributed by atoms with van der Waals surface area (Å²) >= 11 is 30.3. The van der Waals surface area contributed by atoms with Crippen LogP contribution in [0.1, 0.15) is 0 Å². The Morgan fingerprint density at radius 1 is 0.879 bits per heavy atom. The lowest BCUT2D eigenvalue weighted by Crippen LogP contribution is -2.38. The van der Waals surface area contributed by atoms with E-state index in [-0.39, 0.29) is 26.4 Å². The van der Waals surface area contributed by atoms with Gasteiger partial charge in [-0.2, -0.15) is 0 Å². The Kier molecular flexibility index (Phi) is 8.26. The van der Waals surface area contributed by atoms with Crippen LogP contribution in [0.2, 0.25) is 25.1 Å². The topological polar surface area (TPSA) is 75.7 Å². The SMILES string of the molecule is COc1cc(N(CC(=O)Nc2cc(Cl)cc(Cl)c2)S(=O)(=O)c2ccc(Cl)cc2)c(Cl)cc1Cl. The molecule has 0 saturated heterocycles. The quantitative estimate of drug-likeness (QED) is 0.340. The first-order valence-corrected chi connectivity index (χ1v) is 12.4. The monoisotopic (exact) mass is 566 g/mol. The fraction of sp³-hybridized carbons (Fsp3) is 0.0952. The lowest BCUT2D eigenvalue weighted by atomic mass is 10.3. The number of hydrogen-bond donors (Lipinski definition) is 1. The molecule has 3 aromatic rings. The highest BCUT2D eigenvalue weighted by atomic mass is 35.5. The summed E-state index contributed by atoms with van der Waals surface area (Å²) in [5, 5.41) is 3.70. The molecule has 0 aliphatic rings. The molecule has 3 aromatic carbocycles. The number of benzene rings is 3. The Labute approximate surface area is 216 Å². The van der Waals surface area contributed by atoms with Crippen LogP contribution in [0.5, 0.6) is 5.75 Å². The van der Waals surface area contributed by atoms with Crippen LogP contribution < -0.4 is 14.4 Å². The number of amides is 1. The molecule has 12 heteroatoms. The van der Waals surface area contributed by atoms with Crippen LogP contribution in [0.15, 0.2) is 59.5 Å². The predicted molar refractivity (Wildman–Crippen MR) is 134 cm³/mol. The van der Waals surface area contributed by atoms with Gasteiger partial charge >= 0.3 is 0 Å². The molecule has 174 valence electrons. The fourth-order valence-corrected chi connectivity index (χ4v) is 5.55. The van der Waals surface area contributed by atoms with Crippen LogP contribution in [0.25, 0.3) is 0 Å². The minimum absolute atomic E-state index is 0.00283. The van der Waals surface area contributed by atoms with Gasteiger partial charge in [0, 0.05) is 26.8 Å². The summed E-state index contributed by atoms with van der Waals surface area (Å²) in [6.45, 7) is -0.625. The Morgan fingerprint density at radius 3 is 2.06 bits per heavy atom. The summed E-state index contributed by atoms with van der Waals surface area (Å²) in [6, 6.07) is 12.6. The Hall–Kier alpha value is -1.87. The highest BCUT2D eigenvalue weighted by Gasteiger charge is 2.30. The number of sulfonamides is 1. The molecular weight excluding hydrogens is 554 g/mol. The molecule has 1 N–H and O–H groups in total. The van der Waals surface area contributed by atoms with Crippen molar-refractivity contribution < 1.29 is 17.9 Å². The normalized spacial score (nSPS) is 11.2. The zero-order chi connectivity index (χ0) is 24.3. The van der Waals surface area contributed by atoms with Crippen LogP contribution >= 0.6 is 58.0 Å². The first-order valence-electron chi connectivity index (χ1n) is 9.08. The summed E-state index contributed by atoms with van der Waals surface area (Å²) in [5.41, 5.74) is 0.285. The minimum Gasteiger partial charge on any atom is -0.495 e. The number of carbonyl (C=O) groups excluding carboxylic acids is 1. The van der Waals surface area contributed by atoms with Crippen LogP contribution in [0.3, 0.4) is 0 Å². The molecule has 0 spiro atoms. The van der Waals surface area contributed by atoms with Crippen LogP contribution in [0.4, 0.5) is 11.4 Å². The molecule has 0 unspecified atom stereocenters. The first kappa shape index (κ1) is 25.7. The maximum atomic E-state index is 13.5. The summed E-state index contributed by atoms with van der Waals surface area (Å²) in [4.78, 5) is 12.8. The van der Waals surface area contributed by atoms with Crippen LogP contribution in [-0.4, -0.2) is 28.0 Å². The van der Waals surface area contributed by atoms with Crippen molar-refractivity contribution >= 4 is 85.3 Å². The average Bonchev–Trinajstić information content (AvgIpc) is 2.72. The Morgan fingerprint density at radius 2 is 1.48 bits per heavy atom. The fourth-order valence-electron chi connectivity index (χ4n) is 2.86. The van der Waals surface area contributed by atoms with Gasteiger partial charge in [0.1, 0.15) is 12.3 Å². The number of anilines is 2. The van der Waals surface area contributed by atoms with E-state index in [9.17, 15) is 13.2 Å². The van der Waals surface area contributed by atoms with Gasteiger partial charge in [0.2, 0.25) is 5.91 Å². The molecule has 0 bridgehead atoms. The predicted octanol–water partition coefficient (Wildman–Crippen LogP) is 6.80. The van der Waals surface area contributed by atoms with E-state index in [0.29, 0.717) is 20.8 Å². The molecule has 0 aromatic heterocycles. The van der Waals surface area contributed by atoms with Crippen molar-refractivity contribution in [1.29, 1.82) is 0 Å². The van der Waals surface area contributed by atoms with Gasteiger partial charge in [0.05, 0.1) is 27.7 Å². The number of halogens is 5. The zero-order valence-corrected chi connectivity index (χ0v) is 21.4. The second-order valence-electron chi connectivity index (χ2n) is 6.61. The number of nitrogens with one attached hydrogen (secondary N) is 1. The molecule has 6 nitrogen and oxygen atoms in total. The molecule has 0 saturated carbocycles. The molecule has 1 amide bonds. The van der Waals surface area contributed by atoms with E-state index in [1.807, 2.05) is 0 Å². The van der Waals surface area contributed by atoms with E-state index in [0.717, 1.165) is 4.31 Å². The van der Waals surface area contributed by atoms with E-state index < -0.39 is 22.5 Å². The number of carbonyl (C=O) groups is 1. The molecule has 0 radical (unpaired) electrons. The van der Waals surface area contributed by atoms with E-state index in [4.69, 9.17) is 62.7 Å². The number of methoxy groups -OCH3 is 1. The lowest BCUT2D eigenvalue weighted by molar-refractivity contribution is -0.114. The van der Waals surface area contributed by atoms with Crippen molar-refractivity contribution in [2.45, 2.75) is 4.90 Å². The molecule has 0 aliphatic heterocycles. The summed E-state index contributed by atoms with van der Waals surface area (Å²) in [6.07, 6.45) is 0.